The number of hydrogen-bond donors (Lipinski definition) is 1. The van der Waals surface area contributed by atoms with Crippen LogP contribution in [0.25, 0.3) is 11.8 Å². The number of methoxy groups -OCH3 is 1. The number of aromatic nitrogens is 1. The van der Waals surface area contributed by atoms with E-state index in [2.05, 4.69) is 5.32 Å². The fraction of sp³-hybridized carbons (Fsp3) is 0.125. The van der Waals surface area contributed by atoms with E-state index in [1.807, 2.05) is 30.6 Å². The van der Waals surface area contributed by atoms with Crippen molar-refractivity contribution in [3.63, 3.8) is 0 Å². The van der Waals surface area contributed by atoms with E-state index in [4.69, 9.17) is 4.74 Å². The molecule has 0 saturated heterocycles. The molecular formula is C24H20FN3O3. The summed E-state index contributed by atoms with van der Waals surface area (Å²) in [6.07, 6.45) is 1.51. The Morgan fingerprint density at radius 2 is 1.74 bits per heavy atom. The number of aryl methyl sites for hydroxylation is 1. The Hall–Kier alpha value is -4.18. The number of esters is 1. The maximum Gasteiger partial charge on any atom is 0.337 e. The maximum absolute atomic E-state index is 13.0. The van der Waals surface area contributed by atoms with Gasteiger partial charge in [-0.05, 0) is 80.1 Å². The highest BCUT2D eigenvalue weighted by Gasteiger charge is 2.15. The first-order chi connectivity index (χ1) is 14.8. The van der Waals surface area contributed by atoms with Crippen molar-refractivity contribution >= 4 is 23.6 Å². The van der Waals surface area contributed by atoms with Gasteiger partial charge in [0.05, 0.1) is 12.7 Å². The number of carbonyl (C=O) groups is 2. The Morgan fingerprint density at radius 3 is 2.32 bits per heavy atom. The molecule has 0 bridgehead atoms. The SMILES string of the molecule is COC(=O)c1ccc(-n2c(C)cc(/C=C(\C#N)C(=O)Nc3ccc(F)cc3)c2C)cc1. The molecule has 7 heteroatoms. The lowest BCUT2D eigenvalue weighted by molar-refractivity contribution is -0.112. The largest absolute Gasteiger partial charge is 0.465 e. The summed E-state index contributed by atoms with van der Waals surface area (Å²) in [6.45, 7) is 3.78. The average molecular weight is 417 g/mol. The van der Waals surface area contributed by atoms with E-state index in [-0.39, 0.29) is 5.57 Å². The summed E-state index contributed by atoms with van der Waals surface area (Å²) in [4.78, 5) is 24.1. The van der Waals surface area contributed by atoms with Crippen LogP contribution in [-0.2, 0) is 9.53 Å². The zero-order valence-electron chi connectivity index (χ0n) is 17.3. The number of nitrogens with zero attached hydrogens (tertiary/aromatic N) is 2. The zero-order valence-corrected chi connectivity index (χ0v) is 17.3. The minimum Gasteiger partial charge on any atom is -0.465 e. The lowest BCUT2D eigenvalue weighted by Gasteiger charge is -2.10. The number of benzene rings is 2. The Kier molecular flexibility index (Phi) is 6.32. The molecule has 0 aliphatic heterocycles. The number of carbonyl (C=O) groups excluding carboxylic acids is 2. The molecule has 0 spiro atoms. The molecule has 1 aromatic heterocycles. The van der Waals surface area contributed by atoms with Crippen LogP contribution in [0.2, 0.25) is 0 Å². The van der Waals surface area contributed by atoms with Crippen LogP contribution in [0.1, 0.15) is 27.3 Å². The molecule has 0 unspecified atom stereocenters. The van der Waals surface area contributed by atoms with Gasteiger partial charge in [0, 0.05) is 22.8 Å². The number of hydrogen-bond acceptors (Lipinski definition) is 4. The molecular weight excluding hydrogens is 397 g/mol. The van der Waals surface area contributed by atoms with Crippen LogP contribution in [0.5, 0.6) is 0 Å². The smallest absolute Gasteiger partial charge is 0.337 e. The number of rotatable bonds is 5. The Balaban J connectivity index is 1.90. The van der Waals surface area contributed by atoms with Gasteiger partial charge >= 0.3 is 5.97 Å². The van der Waals surface area contributed by atoms with Crippen LogP contribution < -0.4 is 5.32 Å². The van der Waals surface area contributed by atoms with Crippen LogP contribution in [-0.4, -0.2) is 23.6 Å². The molecule has 1 amide bonds. The van der Waals surface area contributed by atoms with E-state index in [1.165, 1.54) is 37.5 Å². The van der Waals surface area contributed by atoms with E-state index >= 15 is 0 Å². The fourth-order valence-electron chi connectivity index (χ4n) is 3.23. The number of anilines is 1. The maximum atomic E-state index is 13.0. The van der Waals surface area contributed by atoms with Gasteiger partial charge in [0.15, 0.2) is 0 Å². The van der Waals surface area contributed by atoms with Gasteiger partial charge in [-0.3, -0.25) is 4.79 Å². The van der Waals surface area contributed by atoms with Crippen molar-refractivity contribution in [2.45, 2.75) is 13.8 Å². The highest BCUT2D eigenvalue weighted by atomic mass is 19.1. The molecule has 3 aromatic rings. The first-order valence-corrected chi connectivity index (χ1v) is 9.40. The second-order valence-corrected chi connectivity index (χ2v) is 6.83. The molecule has 0 atom stereocenters. The van der Waals surface area contributed by atoms with Crippen molar-refractivity contribution in [3.8, 4) is 11.8 Å². The van der Waals surface area contributed by atoms with Gasteiger partial charge in [-0.2, -0.15) is 5.26 Å². The standard InChI is InChI=1S/C24H20FN3O3/c1-15-12-18(13-19(14-26)23(29)27-21-8-6-20(25)7-9-21)16(2)28(15)22-10-4-17(5-11-22)24(30)31-3/h4-13H,1-3H3,(H,27,29)/b19-13+. The number of nitrogens with one attached hydrogen (secondary N) is 1. The highest BCUT2D eigenvalue weighted by molar-refractivity contribution is 6.09. The minimum atomic E-state index is -0.582. The molecule has 0 fully saturated rings. The second kappa shape index (κ2) is 9.09. The molecule has 6 nitrogen and oxygen atoms in total. The fourth-order valence-corrected chi connectivity index (χ4v) is 3.23. The van der Waals surface area contributed by atoms with E-state index in [9.17, 15) is 19.2 Å². The first-order valence-electron chi connectivity index (χ1n) is 9.40. The van der Waals surface area contributed by atoms with Crippen molar-refractivity contribution in [2.24, 2.45) is 0 Å². The molecule has 156 valence electrons. The van der Waals surface area contributed by atoms with E-state index in [0.29, 0.717) is 16.8 Å². The van der Waals surface area contributed by atoms with Crippen molar-refractivity contribution in [1.29, 1.82) is 5.26 Å². The molecule has 1 heterocycles. The third-order valence-corrected chi connectivity index (χ3v) is 4.78. The summed E-state index contributed by atoms with van der Waals surface area (Å²) in [5.41, 5.74) is 4.01. The third-order valence-electron chi connectivity index (χ3n) is 4.78. The summed E-state index contributed by atoms with van der Waals surface area (Å²) in [6, 6.07) is 16.0. The zero-order chi connectivity index (χ0) is 22.5. The highest BCUT2D eigenvalue weighted by Crippen LogP contribution is 2.23. The van der Waals surface area contributed by atoms with Crippen LogP contribution in [0.4, 0.5) is 10.1 Å². The molecule has 2 aromatic carbocycles. The van der Waals surface area contributed by atoms with Crippen molar-refractivity contribution in [2.75, 3.05) is 12.4 Å². The average Bonchev–Trinajstić information content (AvgIpc) is 3.05. The number of amides is 1. The normalized spacial score (nSPS) is 11.0. The first kappa shape index (κ1) is 21.5. The van der Waals surface area contributed by atoms with Crippen molar-refractivity contribution in [3.05, 3.63) is 88.5 Å². The quantitative estimate of drug-likeness (QED) is 0.375. The third kappa shape index (κ3) is 4.70. The molecule has 0 aliphatic carbocycles. The molecule has 3 rings (SSSR count). The number of halogens is 1. The predicted octanol–water partition coefficient (Wildman–Crippen LogP) is 4.57. The van der Waals surface area contributed by atoms with Gasteiger partial charge in [-0.1, -0.05) is 0 Å². The van der Waals surface area contributed by atoms with Gasteiger partial charge in [0.25, 0.3) is 5.91 Å². The Morgan fingerprint density at radius 1 is 1.10 bits per heavy atom. The van der Waals surface area contributed by atoms with Gasteiger partial charge in [0.1, 0.15) is 17.5 Å². The minimum absolute atomic E-state index is 0.0781. The van der Waals surface area contributed by atoms with Gasteiger partial charge in [-0.25, -0.2) is 9.18 Å². The van der Waals surface area contributed by atoms with Crippen LogP contribution >= 0.6 is 0 Å². The Labute approximate surface area is 179 Å². The molecule has 1 N–H and O–H groups in total. The number of nitriles is 1. The van der Waals surface area contributed by atoms with Gasteiger partial charge < -0.3 is 14.6 Å². The monoisotopic (exact) mass is 417 g/mol. The summed E-state index contributed by atoms with van der Waals surface area (Å²) >= 11 is 0. The topological polar surface area (TPSA) is 84.1 Å². The van der Waals surface area contributed by atoms with E-state index in [1.54, 1.807) is 24.3 Å². The van der Waals surface area contributed by atoms with E-state index < -0.39 is 17.7 Å². The lowest BCUT2D eigenvalue weighted by atomic mass is 10.1. The molecule has 0 radical (unpaired) electrons. The number of ether oxygens (including phenoxy) is 1. The van der Waals surface area contributed by atoms with Crippen LogP contribution in [0.3, 0.4) is 0 Å². The molecule has 0 aliphatic rings. The van der Waals surface area contributed by atoms with Gasteiger partial charge in [0.2, 0.25) is 0 Å². The van der Waals surface area contributed by atoms with Gasteiger partial charge in [-0.15, -0.1) is 0 Å². The summed E-state index contributed by atoms with van der Waals surface area (Å²) in [7, 11) is 1.33. The molecule has 31 heavy (non-hydrogen) atoms. The molecule has 0 saturated carbocycles. The second-order valence-electron chi connectivity index (χ2n) is 6.83. The van der Waals surface area contributed by atoms with Crippen molar-refractivity contribution in [1.82, 2.24) is 4.57 Å². The van der Waals surface area contributed by atoms with Crippen LogP contribution in [0, 0.1) is 31.0 Å². The summed E-state index contributed by atoms with van der Waals surface area (Å²) in [5, 5.41) is 12.1. The van der Waals surface area contributed by atoms with Crippen LogP contribution in [0.15, 0.2) is 60.2 Å². The summed E-state index contributed by atoms with van der Waals surface area (Å²) < 4.78 is 19.7. The Bertz CT molecular complexity index is 1200. The van der Waals surface area contributed by atoms with E-state index in [0.717, 1.165) is 17.1 Å². The lowest BCUT2D eigenvalue weighted by Crippen LogP contribution is -2.13. The predicted molar refractivity (Wildman–Crippen MR) is 115 cm³/mol. The summed E-state index contributed by atoms with van der Waals surface area (Å²) in [5.74, 6) is -1.41. The van der Waals surface area contributed by atoms with Crippen molar-refractivity contribution < 1.29 is 18.7 Å².